The Balaban J connectivity index is 1.55. The van der Waals surface area contributed by atoms with E-state index in [1.165, 1.54) is 11.8 Å². The summed E-state index contributed by atoms with van der Waals surface area (Å²) in [5.41, 5.74) is 3.33. The number of hydrogen-bond donors (Lipinski definition) is 1. The second-order valence-electron chi connectivity index (χ2n) is 8.17. The monoisotopic (exact) mass is 504 g/mol. The van der Waals surface area contributed by atoms with Crippen molar-refractivity contribution >= 4 is 46.7 Å². The highest BCUT2D eigenvalue weighted by molar-refractivity contribution is 8.01. The van der Waals surface area contributed by atoms with E-state index in [1.807, 2.05) is 18.2 Å². The number of hydrogen-bond acceptors (Lipinski definition) is 5. The zero-order valence-corrected chi connectivity index (χ0v) is 20.4. The van der Waals surface area contributed by atoms with Crippen LogP contribution in [-0.4, -0.2) is 36.2 Å². The number of methoxy groups -OCH3 is 1. The van der Waals surface area contributed by atoms with Crippen LogP contribution in [0.15, 0.2) is 66.7 Å². The summed E-state index contributed by atoms with van der Waals surface area (Å²) < 4.78 is 5.46. The fraction of sp³-hybridized carbons (Fsp3) is 0.192. The molecule has 1 fully saturated rings. The minimum absolute atomic E-state index is 0.202. The fourth-order valence-corrected chi connectivity index (χ4v) is 6.20. The average Bonchev–Trinajstić information content (AvgIpc) is 3.41. The molecule has 0 radical (unpaired) electrons. The Labute approximate surface area is 212 Å². The molecule has 1 saturated heterocycles. The Bertz CT molecular complexity index is 1370. The number of nitriles is 1. The van der Waals surface area contributed by atoms with Crippen LogP contribution in [0.2, 0.25) is 5.02 Å². The number of thioether (sulfide) groups is 1. The Hall–Kier alpha value is -3.67. The molecule has 1 N–H and O–H groups in total. The molecule has 0 bridgehead atoms. The molecule has 0 unspecified atom stereocenters. The first-order valence-corrected chi connectivity index (χ1v) is 12.3. The number of carbonyl (C=O) groups is 2. The zero-order chi connectivity index (χ0) is 24.6. The number of nitrogens with one attached hydrogen (secondary N) is 1. The van der Waals surface area contributed by atoms with Crippen molar-refractivity contribution in [3.8, 4) is 11.8 Å². The maximum absolute atomic E-state index is 14.1. The van der Waals surface area contributed by atoms with Crippen LogP contribution in [0.4, 0.5) is 16.2 Å². The highest BCUT2D eigenvalue weighted by Crippen LogP contribution is 2.55. The molecule has 9 heteroatoms. The van der Waals surface area contributed by atoms with Gasteiger partial charge in [0.25, 0.3) is 5.91 Å². The van der Waals surface area contributed by atoms with E-state index in [0.29, 0.717) is 45.6 Å². The van der Waals surface area contributed by atoms with E-state index >= 15 is 0 Å². The first kappa shape index (κ1) is 23.1. The summed E-state index contributed by atoms with van der Waals surface area (Å²) in [6, 6.07) is 21.3. The average molecular weight is 505 g/mol. The van der Waals surface area contributed by atoms with Gasteiger partial charge in [-0.2, -0.15) is 5.26 Å². The zero-order valence-electron chi connectivity index (χ0n) is 18.8. The van der Waals surface area contributed by atoms with Crippen molar-refractivity contribution in [3.05, 3.63) is 88.4 Å². The molecule has 2 aliphatic rings. The SMILES string of the molecule is COc1ccc2c(c1)[C@]1(SCCN1C(=O)Nc1cccc(Cl)c1)C(=O)N2Cc1cccc(C#N)c1. The Kier molecular flexibility index (Phi) is 6.05. The molecular formula is C26H21ClN4O3S. The molecule has 0 saturated carbocycles. The van der Waals surface area contributed by atoms with Gasteiger partial charge in [0.15, 0.2) is 4.87 Å². The predicted octanol–water partition coefficient (Wildman–Crippen LogP) is 5.20. The van der Waals surface area contributed by atoms with Crippen LogP contribution in [0.3, 0.4) is 0 Å². The molecule has 0 aliphatic carbocycles. The van der Waals surface area contributed by atoms with Gasteiger partial charge in [-0.05, 0) is 54.1 Å². The van der Waals surface area contributed by atoms with E-state index in [2.05, 4.69) is 11.4 Å². The molecule has 3 amide bonds. The highest BCUT2D eigenvalue weighted by Gasteiger charge is 2.59. The normalized spacial score (nSPS) is 18.5. The fourth-order valence-electron chi connectivity index (χ4n) is 4.56. The first-order chi connectivity index (χ1) is 17.0. The number of ether oxygens (including phenoxy) is 1. The third kappa shape index (κ3) is 3.97. The predicted molar refractivity (Wildman–Crippen MR) is 137 cm³/mol. The quantitative estimate of drug-likeness (QED) is 0.527. The lowest BCUT2D eigenvalue weighted by atomic mass is 10.1. The molecular weight excluding hydrogens is 484 g/mol. The summed E-state index contributed by atoms with van der Waals surface area (Å²) in [4.78, 5) is 29.6. The molecule has 176 valence electrons. The van der Waals surface area contributed by atoms with Gasteiger partial charge in [0.05, 0.1) is 31.0 Å². The van der Waals surface area contributed by atoms with Gasteiger partial charge in [0.2, 0.25) is 0 Å². The number of benzene rings is 3. The first-order valence-electron chi connectivity index (χ1n) is 10.9. The number of rotatable bonds is 4. The van der Waals surface area contributed by atoms with Crippen molar-refractivity contribution in [1.29, 1.82) is 5.26 Å². The van der Waals surface area contributed by atoms with Crippen LogP contribution in [-0.2, 0) is 16.2 Å². The third-order valence-electron chi connectivity index (χ3n) is 6.12. The van der Waals surface area contributed by atoms with E-state index < -0.39 is 4.87 Å². The van der Waals surface area contributed by atoms with E-state index in [9.17, 15) is 14.9 Å². The Morgan fingerprint density at radius 1 is 1.20 bits per heavy atom. The van der Waals surface area contributed by atoms with Gasteiger partial charge in [-0.1, -0.05) is 29.8 Å². The van der Waals surface area contributed by atoms with Crippen molar-refractivity contribution in [2.45, 2.75) is 11.4 Å². The molecule has 1 atom stereocenters. The number of halogens is 1. The van der Waals surface area contributed by atoms with Crippen molar-refractivity contribution in [3.63, 3.8) is 0 Å². The molecule has 5 rings (SSSR count). The largest absolute Gasteiger partial charge is 0.497 e. The minimum Gasteiger partial charge on any atom is -0.497 e. The standard InChI is InChI=1S/C26H21ClN4O3S/c1-34-21-8-9-23-22(14-21)26(24(32)30(23)16-18-5-2-4-17(12-18)15-28)31(10-11-35-26)25(33)29-20-7-3-6-19(27)13-20/h2-9,12-14H,10-11,16H2,1H3,(H,29,33)/t26-/m0/s1. The third-order valence-corrected chi connectivity index (χ3v) is 7.77. The number of urea groups is 1. The van der Waals surface area contributed by atoms with Crippen LogP contribution in [0.5, 0.6) is 5.75 Å². The maximum Gasteiger partial charge on any atom is 0.323 e. The van der Waals surface area contributed by atoms with Crippen LogP contribution < -0.4 is 15.0 Å². The van der Waals surface area contributed by atoms with Crippen LogP contribution in [0, 0.1) is 11.3 Å². The van der Waals surface area contributed by atoms with E-state index in [1.54, 1.807) is 65.4 Å². The van der Waals surface area contributed by atoms with Crippen LogP contribution >= 0.6 is 23.4 Å². The van der Waals surface area contributed by atoms with Crippen molar-refractivity contribution < 1.29 is 14.3 Å². The van der Waals surface area contributed by atoms with Crippen molar-refractivity contribution in [1.82, 2.24) is 4.90 Å². The molecule has 3 aromatic carbocycles. The number of amides is 3. The summed E-state index contributed by atoms with van der Waals surface area (Å²) in [6.07, 6.45) is 0. The summed E-state index contributed by atoms with van der Waals surface area (Å²) in [7, 11) is 1.57. The number of fused-ring (bicyclic) bond motifs is 2. The van der Waals surface area contributed by atoms with Crippen LogP contribution in [0.1, 0.15) is 16.7 Å². The molecule has 2 heterocycles. The lowest BCUT2D eigenvalue weighted by Crippen LogP contribution is -2.51. The highest BCUT2D eigenvalue weighted by atomic mass is 35.5. The molecule has 3 aromatic rings. The maximum atomic E-state index is 14.1. The molecule has 2 aliphatic heterocycles. The number of nitrogens with zero attached hydrogens (tertiary/aromatic N) is 3. The van der Waals surface area contributed by atoms with Crippen LogP contribution in [0.25, 0.3) is 0 Å². The van der Waals surface area contributed by atoms with Gasteiger partial charge in [-0.25, -0.2) is 4.79 Å². The second-order valence-corrected chi connectivity index (χ2v) is 9.90. The lowest BCUT2D eigenvalue weighted by Gasteiger charge is -2.33. The van der Waals surface area contributed by atoms with Gasteiger partial charge in [0, 0.05) is 28.6 Å². The Morgan fingerprint density at radius 2 is 2.03 bits per heavy atom. The number of carbonyl (C=O) groups excluding carboxylic acids is 2. The van der Waals surface area contributed by atoms with Crippen molar-refractivity contribution in [2.75, 3.05) is 29.6 Å². The Morgan fingerprint density at radius 3 is 2.80 bits per heavy atom. The van der Waals surface area contributed by atoms with Gasteiger partial charge in [0.1, 0.15) is 5.75 Å². The molecule has 0 aromatic heterocycles. The summed E-state index contributed by atoms with van der Waals surface area (Å²) in [6.45, 7) is 0.678. The number of anilines is 2. The molecule has 35 heavy (non-hydrogen) atoms. The van der Waals surface area contributed by atoms with Gasteiger partial charge >= 0.3 is 6.03 Å². The summed E-state index contributed by atoms with van der Waals surface area (Å²) in [5, 5.41) is 12.7. The molecule has 7 nitrogen and oxygen atoms in total. The lowest BCUT2D eigenvalue weighted by molar-refractivity contribution is -0.123. The van der Waals surface area contributed by atoms with Crippen molar-refractivity contribution in [2.24, 2.45) is 0 Å². The van der Waals surface area contributed by atoms with Gasteiger partial charge < -0.3 is 15.0 Å². The smallest absolute Gasteiger partial charge is 0.323 e. The van der Waals surface area contributed by atoms with E-state index in [0.717, 1.165) is 5.56 Å². The van der Waals surface area contributed by atoms with E-state index in [4.69, 9.17) is 16.3 Å². The second kappa shape index (κ2) is 9.17. The topological polar surface area (TPSA) is 85.7 Å². The van der Waals surface area contributed by atoms with Gasteiger partial charge in [-0.15, -0.1) is 11.8 Å². The van der Waals surface area contributed by atoms with E-state index in [-0.39, 0.29) is 18.5 Å². The summed E-state index contributed by atoms with van der Waals surface area (Å²) >= 11 is 7.52. The van der Waals surface area contributed by atoms with Gasteiger partial charge in [-0.3, -0.25) is 9.69 Å². The summed E-state index contributed by atoms with van der Waals surface area (Å²) in [5.74, 6) is 1.00. The minimum atomic E-state index is -1.22. The molecule has 1 spiro atoms.